The summed E-state index contributed by atoms with van der Waals surface area (Å²) < 4.78 is 78.9. The van der Waals surface area contributed by atoms with E-state index in [4.69, 9.17) is 0 Å². The molecule has 1 saturated heterocycles. The fourth-order valence-electron chi connectivity index (χ4n) is 4.93. The molecular formula is C33H30F4N4O7S2. The van der Waals surface area contributed by atoms with Gasteiger partial charge in [-0.15, -0.1) is 11.3 Å². The molecule has 0 bridgehead atoms. The summed E-state index contributed by atoms with van der Waals surface area (Å²) >= 11 is 1.33. The third kappa shape index (κ3) is 8.10. The molecule has 0 saturated carbocycles. The molecule has 11 nitrogen and oxygen atoms in total. The lowest BCUT2D eigenvalue weighted by molar-refractivity contribution is -0.153. The minimum Gasteiger partial charge on any atom is -0.481 e. The number of carbonyl (C=O) groups is 3. The van der Waals surface area contributed by atoms with Crippen molar-refractivity contribution in [3.63, 3.8) is 0 Å². The molecule has 2 N–H and O–H groups in total. The van der Waals surface area contributed by atoms with Crippen LogP contribution in [0.5, 0.6) is 5.75 Å². The molecule has 1 aliphatic rings. The summed E-state index contributed by atoms with van der Waals surface area (Å²) in [6.07, 6.45) is 2.66. The lowest BCUT2D eigenvalue weighted by Gasteiger charge is -2.38. The molecule has 0 spiro atoms. The van der Waals surface area contributed by atoms with Crippen molar-refractivity contribution in [1.29, 1.82) is 0 Å². The zero-order valence-corrected chi connectivity index (χ0v) is 28.3. The van der Waals surface area contributed by atoms with Gasteiger partial charge in [0.25, 0.3) is 5.91 Å². The highest BCUT2D eigenvalue weighted by Gasteiger charge is 2.48. The number of carbonyl (C=O) groups excluding carboxylic acids is 2. The van der Waals surface area contributed by atoms with E-state index in [0.717, 1.165) is 17.0 Å². The second-order valence-corrected chi connectivity index (χ2v) is 15.2. The van der Waals surface area contributed by atoms with Crippen LogP contribution in [-0.4, -0.2) is 70.8 Å². The van der Waals surface area contributed by atoms with Crippen LogP contribution in [0.2, 0.25) is 0 Å². The molecule has 17 heteroatoms. The smallest absolute Gasteiger partial charge is 0.481 e. The van der Waals surface area contributed by atoms with Crippen molar-refractivity contribution >= 4 is 39.2 Å². The summed E-state index contributed by atoms with van der Waals surface area (Å²) in [5.41, 5.74) is -4.58. The maximum Gasteiger partial charge on any atom is 0.534 e. The normalized spacial score (nSPS) is 14.5. The predicted molar refractivity (Wildman–Crippen MR) is 174 cm³/mol. The van der Waals surface area contributed by atoms with Gasteiger partial charge in [-0.2, -0.15) is 21.6 Å². The lowest BCUT2D eigenvalue weighted by atomic mass is 9.95. The second-order valence-electron chi connectivity index (χ2n) is 12.5. The van der Waals surface area contributed by atoms with E-state index in [1.807, 2.05) is 26.8 Å². The monoisotopic (exact) mass is 734 g/mol. The number of carboxylic acid groups (broad SMARTS) is 1. The fraction of sp³-hybridized carbons (Fsp3) is 0.303. The van der Waals surface area contributed by atoms with E-state index in [2.05, 4.69) is 19.5 Å². The number of halogens is 4. The molecule has 2 amide bonds. The molecule has 1 aliphatic heterocycles. The summed E-state index contributed by atoms with van der Waals surface area (Å²) in [7, 11) is -5.97. The molecule has 1 unspecified atom stereocenters. The SMILES string of the molecule is CC(C)(C)c1ccc(C(=O)NC(Cc2ccc(-c3ncc(-c4ccc(OS(=O)(=O)C(F)(F)F)cc4F)cn3)cc2)C(=O)N2CC(C(=O)O)C2)s1. The molecule has 2 aromatic heterocycles. The van der Waals surface area contributed by atoms with Gasteiger partial charge in [0.1, 0.15) is 17.6 Å². The number of hydrogen-bond donors (Lipinski definition) is 2. The Hall–Kier alpha value is -4.90. The van der Waals surface area contributed by atoms with Gasteiger partial charge in [0.15, 0.2) is 5.82 Å². The van der Waals surface area contributed by atoms with Crippen molar-refractivity contribution in [3.05, 3.63) is 88.1 Å². The minimum atomic E-state index is -5.97. The number of rotatable bonds is 10. The third-order valence-electron chi connectivity index (χ3n) is 7.76. The first-order chi connectivity index (χ1) is 23.3. The van der Waals surface area contributed by atoms with E-state index in [1.54, 1.807) is 30.3 Å². The number of amides is 2. The summed E-state index contributed by atoms with van der Waals surface area (Å²) in [6, 6.07) is 11.8. The minimum absolute atomic E-state index is 0.0434. The van der Waals surface area contributed by atoms with Gasteiger partial charge < -0.3 is 19.5 Å². The summed E-state index contributed by atoms with van der Waals surface area (Å²) in [6.45, 7) is 6.16. The number of hydrogen-bond acceptors (Lipinski definition) is 9. The summed E-state index contributed by atoms with van der Waals surface area (Å²) in [4.78, 5) is 49.2. The van der Waals surface area contributed by atoms with Crippen LogP contribution in [-0.2, 0) is 31.5 Å². The second kappa shape index (κ2) is 13.8. The Bertz CT molecular complexity index is 2020. The van der Waals surface area contributed by atoms with Gasteiger partial charge in [-0.3, -0.25) is 14.4 Å². The van der Waals surface area contributed by atoms with Gasteiger partial charge in [0.05, 0.1) is 10.8 Å². The van der Waals surface area contributed by atoms with E-state index in [0.29, 0.717) is 22.1 Å². The van der Waals surface area contributed by atoms with Crippen LogP contribution in [0.25, 0.3) is 22.5 Å². The zero-order chi connectivity index (χ0) is 36.6. The number of alkyl halides is 3. The van der Waals surface area contributed by atoms with E-state index in [-0.39, 0.29) is 41.9 Å². The molecular weight excluding hydrogens is 705 g/mol. The van der Waals surface area contributed by atoms with Crippen LogP contribution in [0.15, 0.2) is 67.0 Å². The van der Waals surface area contributed by atoms with Crippen molar-refractivity contribution in [2.75, 3.05) is 13.1 Å². The molecule has 2 aromatic carbocycles. The Labute approximate surface area is 288 Å². The molecule has 3 heterocycles. The molecule has 1 fully saturated rings. The largest absolute Gasteiger partial charge is 0.534 e. The van der Waals surface area contributed by atoms with Gasteiger partial charge in [-0.1, -0.05) is 45.0 Å². The number of benzene rings is 2. The van der Waals surface area contributed by atoms with Crippen LogP contribution >= 0.6 is 11.3 Å². The van der Waals surface area contributed by atoms with Crippen molar-refractivity contribution in [1.82, 2.24) is 20.2 Å². The Morgan fingerprint density at radius 2 is 1.64 bits per heavy atom. The Morgan fingerprint density at radius 3 is 2.18 bits per heavy atom. The average Bonchev–Trinajstić information content (AvgIpc) is 3.51. The molecule has 0 aliphatic carbocycles. The first-order valence-electron chi connectivity index (χ1n) is 15.0. The number of carboxylic acids is 1. The van der Waals surface area contributed by atoms with Crippen LogP contribution in [0, 0.1) is 11.7 Å². The quantitative estimate of drug-likeness (QED) is 0.123. The van der Waals surface area contributed by atoms with E-state index in [1.165, 1.54) is 28.6 Å². The van der Waals surface area contributed by atoms with Crippen LogP contribution in [0.3, 0.4) is 0 Å². The molecule has 1 atom stereocenters. The highest BCUT2D eigenvalue weighted by molar-refractivity contribution is 7.88. The number of nitrogens with zero attached hydrogens (tertiary/aromatic N) is 3. The van der Waals surface area contributed by atoms with E-state index >= 15 is 0 Å². The number of thiophene rings is 1. The zero-order valence-electron chi connectivity index (χ0n) is 26.7. The molecule has 4 aromatic rings. The standard InChI is InChI=1S/C33H30F4N4O7S2/c1-32(2,3)27-11-10-26(49-27)29(42)40-25(30(43)41-16-21(17-41)31(44)45)12-18-4-6-19(7-5-18)28-38-14-20(15-39-28)23-9-8-22(13-24(23)34)48-50(46,47)33(35,36)37/h4-11,13-15,21,25H,12,16-17H2,1-3H3,(H,40,42)(H,44,45). The van der Waals surface area contributed by atoms with E-state index < -0.39 is 56.9 Å². The van der Waals surface area contributed by atoms with Crippen molar-refractivity contribution in [2.24, 2.45) is 5.92 Å². The molecule has 264 valence electrons. The summed E-state index contributed by atoms with van der Waals surface area (Å²) in [5.74, 6) is -4.18. The van der Waals surface area contributed by atoms with Crippen LogP contribution < -0.4 is 9.50 Å². The highest BCUT2D eigenvalue weighted by atomic mass is 32.2. The Kier molecular flexibility index (Phi) is 10.0. The molecule has 0 radical (unpaired) electrons. The van der Waals surface area contributed by atoms with E-state index in [9.17, 15) is 45.5 Å². The number of aromatic nitrogens is 2. The topological polar surface area (TPSA) is 156 Å². The van der Waals surface area contributed by atoms with Gasteiger partial charge in [-0.05, 0) is 35.2 Å². The van der Waals surface area contributed by atoms with Gasteiger partial charge in [0, 0.05) is 59.5 Å². The predicted octanol–water partition coefficient (Wildman–Crippen LogP) is 5.42. The average molecular weight is 735 g/mol. The highest BCUT2D eigenvalue weighted by Crippen LogP contribution is 2.32. The number of nitrogens with one attached hydrogen (secondary N) is 1. The lowest BCUT2D eigenvalue weighted by Crippen LogP contribution is -2.59. The number of likely N-dealkylation sites (tertiary alicyclic amines) is 1. The van der Waals surface area contributed by atoms with Crippen LogP contribution in [0.1, 0.15) is 40.9 Å². The van der Waals surface area contributed by atoms with Crippen molar-refractivity contribution in [2.45, 2.75) is 44.2 Å². The maximum absolute atomic E-state index is 14.7. The third-order valence-corrected chi connectivity index (χ3v) is 10.2. The first-order valence-corrected chi connectivity index (χ1v) is 17.2. The first kappa shape index (κ1) is 36.4. The van der Waals surface area contributed by atoms with Crippen molar-refractivity contribution < 1.29 is 49.7 Å². The van der Waals surface area contributed by atoms with Gasteiger partial charge in [-0.25, -0.2) is 14.4 Å². The van der Waals surface area contributed by atoms with Gasteiger partial charge >= 0.3 is 21.6 Å². The summed E-state index contributed by atoms with van der Waals surface area (Å²) in [5, 5.41) is 12.1. The maximum atomic E-state index is 14.7. The Balaban J connectivity index is 1.29. The molecule has 5 rings (SSSR count). The fourth-order valence-corrected chi connectivity index (χ4v) is 6.34. The van der Waals surface area contributed by atoms with Crippen LogP contribution in [0.4, 0.5) is 17.6 Å². The van der Waals surface area contributed by atoms with Gasteiger partial charge in [0.2, 0.25) is 5.91 Å². The Morgan fingerprint density at radius 1 is 1.00 bits per heavy atom. The van der Waals surface area contributed by atoms with Crippen molar-refractivity contribution in [3.8, 4) is 28.3 Å². The number of aliphatic carboxylic acids is 1. The molecule has 50 heavy (non-hydrogen) atoms.